The highest BCUT2D eigenvalue weighted by atomic mass is 28.4. The maximum absolute atomic E-state index is 11.8. The lowest BCUT2D eigenvalue weighted by Crippen LogP contribution is -2.43. The summed E-state index contributed by atoms with van der Waals surface area (Å²) < 4.78 is 16.1. The molecule has 0 aliphatic carbocycles. The van der Waals surface area contributed by atoms with Crippen LogP contribution in [0.1, 0.15) is 79.1 Å². The van der Waals surface area contributed by atoms with E-state index in [1.807, 2.05) is 0 Å². The Morgan fingerprint density at radius 3 is 1.88 bits per heavy atom. The second-order valence-electron chi connectivity index (χ2n) is 11.1. The third kappa shape index (κ3) is 22.4. The maximum atomic E-state index is 11.8. The number of carbonyl (C=O) groups is 2. The molecule has 0 aromatic carbocycles. The lowest BCUT2D eigenvalue weighted by atomic mass is 10.2. The Hall–Kier alpha value is -2.42. The molecule has 1 unspecified atom stereocenters. The summed E-state index contributed by atoms with van der Waals surface area (Å²) in [4.78, 5) is 23.6. The van der Waals surface area contributed by atoms with Crippen molar-refractivity contribution in [3.63, 3.8) is 0 Å². The molecule has 2 N–H and O–H groups in total. The molecule has 0 spiro atoms. The van der Waals surface area contributed by atoms with Gasteiger partial charge in [0.1, 0.15) is 19.3 Å². The van der Waals surface area contributed by atoms with Crippen molar-refractivity contribution in [2.24, 2.45) is 0 Å². The highest BCUT2D eigenvalue weighted by molar-refractivity contribution is 6.74. The van der Waals surface area contributed by atoms with Gasteiger partial charge in [0.15, 0.2) is 8.32 Å². The standard InChI is InChI=1S/C32H55NO6Si/c1-7-8-9-10-11-12-13-14-15-16-17-18-19-20-21-22-23-24-30(35)37-26-25-33-31(36)38-27-29(34)28-39-40(5,6)32(2,3)4/h8-9,11-12,14-15,17-18,20-21,29,34H,7,10,13,16,19,22-28H2,1-6H3,(H,33,36)/b9-8-,12-11-,15-14-,18-17-,21-20-. The number of nitrogens with one attached hydrogen (secondary N) is 1. The van der Waals surface area contributed by atoms with Crippen molar-refractivity contribution < 1.29 is 28.6 Å². The molecule has 0 saturated carbocycles. The first-order valence-corrected chi connectivity index (χ1v) is 17.5. The van der Waals surface area contributed by atoms with E-state index in [1.165, 1.54) is 0 Å². The number of rotatable bonds is 21. The first-order valence-electron chi connectivity index (χ1n) is 14.6. The average Bonchev–Trinajstić information content (AvgIpc) is 2.89. The summed E-state index contributed by atoms with van der Waals surface area (Å²) in [5.41, 5.74) is 0. The van der Waals surface area contributed by atoms with Gasteiger partial charge in [0.2, 0.25) is 0 Å². The van der Waals surface area contributed by atoms with Gasteiger partial charge in [-0.2, -0.15) is 0 Å². The van der Waals surface area contributed by atoms with E-state index in [1.54, 1.807) is 0 Å². The fourth-order valence-corrected chi connectivity index (χ4v) is 3.96. The fourth-order valence-electron chi connectivity index (χ4n) is 2.92. The minimum atomic E-state index is -1.97. The third-order valence-corrected chi connectivity index (χ3v) is 10.9. The fraction of sp³-hybridized carbons (Fsp3) is 0.625. The average molecular weight is 578 g/mol. The van der Waals surface area contributed by atoms with E-state index in [-0.39, 0.29) is 37.4 Å². The van der Waals surface area contributed by atoms with Crippen LogP contribution in [0.5, 0.6) is 0 Å². The summed E-state index contributed by atoms with van der Waals surface area (Å²) in [6.07, 6.45) is 26.8. The molecule has 1 amide bonds. The van der Waals surface area contributed by atoms with E-state index in [0.29, 0.717) is 12.8 Å². The van der Waals surface area contributed by atoms with Gasteiger partial charge in [-0.15, -0.1) is 0 Å². The number of ether oxygens (including phenoxy) is 2. The molecule has 0 fully saturated rings. The number of aliphatic hydroxyl groups excluding tert-OH is 1. The Bertz CT molecular complexity index is 824. The molecule has 228 valence electrons. The highest BCUT2D eigenvalue weighted by Gasteiger charge is 2.37. The van der Waals surface area contributed by atoms with Crippen LogP contribution in [-0.2, 0) is 18.7 Å². The van der Waals surface area contributed by atoms with Crippen molar-refractivity contribution in [2.45, 2.75) is 103 Å². The van der Waals surface area contributed by atoms with Crippen molar-refractivity contribution in [1.82, 2.24) is 5.32 Å². The summed E-state index contributed by atoms with van der Waals surface area (Å²) in [7, 11) is -1.97. The summed E-state index contributed by atoms with van der Waals surface area (Å²) in [6, 6.07) is 0. The van der Waals surface area contributed by atoms with E-state index in [4.69, 9.17) is 13.9 Å². The normalized spacial score (nSPS) is 13.8. The lowest BCUT2D eigenvalue weighted by molar-refractivity contribution is -0.143. The van der Waals surface area contributed by atoms with Gasteiger partial charge in [-0.25, -0.2) is 4.79 Å². The van der Waals surface area contributed by atoms with Crippen LogP contribution in [0.4, 0.5) is 4.79 Å². The Morgan fingerprint density at radius 1 is 0.825 bits per heavy atom. The molecule has 0 saturated heterocycles. The van der Waals surface area contributed by atoms with Crippen molar-refractivity contribution in [3.8, 4) is 0 Å². The Kier molecular flexibility index (Phi) is 21.9. The molecule has 0 radical (unpaired) electrons. The van der Waals surface area contributed by atoms with Crippen LogP contribution in [0, 0.1) is 0 Å². The van der Waals surface area contributed by atoms with Crippen molar-refractivity contribution >= 4 is 20.4 Å². The molecule has 0 aromatic heterocycles. The van der Waals surface area contributed by atoms with Gasteiger partial charge in [-0.05, 0) is 63.1 Å². The minimum Gasteiger partial charge on any atom is -0.464 e. The molecule has 7 nitrogen and oxygen atoms in total. The van der Waals surface area contributed by atoms with Gasteiger partial charge >= 0.3 is 12.1 Å². The quantitative estimate of drug-likeness (QED) is 0.0633. The smallest absolute Gasteiger partial charge is 0.407 e. The number of hydrogen-bond donors (Lipinski definition) is 2. The largest absolute Gasteiger partial charge is 0.464 e. The molecule has 0 aromatic rings. The summed E-state index contributed by atoms with van der Waals surface area (Å²) in [6.45, 7) is 12.9. The van der Waals surface area contributed by atoms with Gasteiger partial charge < -0.3 is 24.3 Å². The molecular weight excluding hydrogens is 522 g/mol. The van der Waals surface area contributed by atoms with Crippen LogP contribution < -0.4 is 5.32 Å². The van der Waals surface area contributed by atoms with E-state index in [2.05, 4.69) is 107 Å². The van der Waals surface area contributed by atoms with Crippen LogP contribution in [0.15, 0.2) is 60.8 Å². The van der Waals surface area contributed by atoms with E-state index in [0.717, 1.165) is 38.5 Å². The second-order valence-corrected chi connectivity index (χ2v) is 15.9. The maximum Gasteiger partial charge on any atom is 0.407 e. The van der Waals surface area contributed by atoms with Crippen LogP contribution in [0.2, 0.25) is 18.1 Å². The zero-order valence-electron chi connectivity index (χ0n) is 25.8. The number of aliphatic hydroxyl groups is 1. The summed E-state index contributed by atoms with van der Waals surface area (Å²) >= 11 is 0. The van der Waals surface area contributed by atoms with Crippen LogP contribution in [0.3, 0.4) is 0 Å². The molecule has 0 aliphatic rings. The molecule has 1 atom stereocenters. The monoisotopic (exact) mass is 577 g/mol. The zero-order valence-corrected chi connectivity index (χ0v) is 26.8. The highest BCUT2D eigenvalue weighted by Crippen LogP contribution is 2.36. The molecule has 40 heavy (non-hydrogen) atoms. The Labute approximate surface area is 244 Å². The SMILES string of the molecule is CC/C=C\C/C=C\C/C=C\C/C=C\C/C=C\CCCC(=O)OCCNC(=O)OCC(O)CO[Si](C)(C)C(C)(C)C. The lowest BCUT2D eigenvalue weighted by Gasteiger charge is -2.36. The number of hydrogen-bond acceptors (Lipinski definition) is 6. The molecule has 0 heterocycles. The second kappa shape index (κ2) is 23.3. The molecule has 0 bridgehead atoms. The summed E-state index contributed by atoms with van der Waals surface area (Å²) in [5, 5.41) is 12.6. The predicted octanol–water partition coefficient (Wildman–Crippen LogP) is 7.56. The molecule has 0 aliphatic heterocycles. The number of alkyl carbamates (subject to hydrolysis) is 1. The number of carbonyl (C=O) groups excluding carboxylic acids is 2. The third-order valence-electron chi connectivity index (χ3n) is 6.39. The van der Waals surface area contributed by atoms with E-state index < -0.39 is 20.5 Å². The summed E-state index contributed by atoms with van der Waals surface area (Å²) in [5.74, 6) is -0.291. The van der Waals surface area contributed by atoms with Gasteiger partial charge in [-0.3, -0.25) is 4.79 Å². The topological polar surface area (TPSA) is 94.1 Å². The molecular formula is C32H55NO6Si. The number of amides is 1. The molecule has 0 rings (SSSR count). The predicted molar refractivity (Wildman–Crippen MR) is 168 cm³/mol. The van der Waals surface area contributed by atoms with Crippen molar-refractivity contribution in [3.05, 3.63) is 60.8 Å². The zero-order chi connectivity index (χ0) is 30.1. The minimum absolute atomic E-state index is 0.0397. The first kappa shape index (κ1) is 37.6. The van der Waals surface area contributed by atoms with Crippen molar-refractivity contribution in [1.29, 1.82) is 0 Å². The van der Waals surface area contributed by atoms with E-state index in [9.17, 15) is 14.7 Å². The molecule has 8 heteroatoms. The van der Waals surface area contributed by atoms with Gasteiger partial charge in [0, 0.05) is 6.42 Å². The van der Waals surface area contributed by atoms with Gasteiger partial charge in [0.05, 0.1) is 13.2 Å². The van der Waals surface area contributed by atoms with E-state index >= 15 is 0 Å². The number of allylic oxidation sites excluding steroid dienone is 10. The van der Waals surface area contributed by atoms with Crippen LogP contribution in [-0.4, -0.2) is 58.0 Å². The Balaban J connectivity index is 3.73. The van der Waals surface area contributed by atoms with Gasteiger partial charge in [0.25, 0.3) is 0 Å². The number of esters is 1. The number of unbranched alkanes of at least 4 members (excludes halogenated alkanes) is 1. The van der Waals surface area contributed by atoms with Crippen molar-refractivity contribution in [2.75, 3.05) is 26.4 Å². The van der Waals surface area contributed by atoms with Gasteiger partial charge in [-0.1, -0.05) is 88.5 Å². The first-order chi connectivity index (χ1) is 19.0. The van der Waals surface area contributed by atoms with Crippen LogP contribution >= 0.6 is 0 Å². The Morgan fingerprint density at radius 2 is 1.35 bits per heavy atom. The van der Waals surface area contributed by atoms with Crippen LogP contribution in [0.25, 0.3) is 0 Å².